The van der Waals surface area contributed by atoms with E-state index in [1.54, 1.807) is 0 Å². The number of hydrogen-bond donors (Lipinski definition) is 2. The lowest BCUT2D eigenvalue weighted by molar-refractivity contribution is -0.175. The van der Waals surface area contributed by atoms with Crippen LogP contribution < -0.4 is 11.5 Å². The van der Waals surface area contributed by atoms with Crippen molar-refractivity contribution < 1.29 is 14.3 Å². The number of carbonyl (C=O) groups is 1. The van der Waals surface area contributed by atoms with Crippen molar-refractivity contribution in [1.82, 2.24) is 11.5 Å². The summed E-state index contributed by atoms with van der Waals surface area (Å²) in [6, 6.07) is 0.152. The first-order valence-electron chi connectivity index (χ1n) is 5.21. The first kappa shape index (κ1) is 15.1. The number of carbonyl (C=O) groups excluding carboxylic acids is 1. The highest BCUT2D eigenvalue weighted by atomic mass is 16.6. The highest BCUT2D eigenvalue weighted by molar-refractivity contribution is 5.81. The van der Waals surface area contributed by atoms with E-state index in [-0.39, 0.29) is 18.3 Å². The summed E-state index contributed by atoms with van der Waals surface area (Å²) in [5.74, 6) is -0.412. The van der Waals surface area contributed by atoms with Gasteiger partial charge in [0.05, 0.1) is 6.61 Å². The molecule has 0 aromatic heterocycles. The fourth-order valence-corrected chi connectivity index (χ4v) is 1.68. The quantitative estimate of drug-likeness (QED) is 0.559. The molecule has 0 amide bonds. The Hall–Kier alpha value is -0.910. The predicted molar refractivity (Wildman–Crippen MR) is 62.6 cm³/mol. The van der Waals surface area contributed by atoms with Gasteiger partial charge < -0.3 is 20.9 Å². The summed E-state index contributed by atoms with van der Waals surface area (Å²) >= 11 is 0. The number of ether oxygens (including phenoxy) is 2. The van der Waals surface area contributed by atoms with E-state index >= 15 is 0 Å². The molecule has 1 rings (SSSR count). The number of hydrogen-bond acceptors (Lipinski definition) is 5. The van der Waals surface area contributed by atoms with E-state index in [9.17, 15) is 4.79 Å². The van der Waals surface area contributed by atoms with Crippen LogP contribution in [-0.2, 0) is 14.3 Å². The fraction of sp³-hybridized carbons (Fsp3) is 0.727. The maximum Gasteiger partial charge on any atom is 0.330 e. The molecular weight excluding hydrogens is 208 g/mol. The second-order valence-electron chi connectivity index (χ2n) is 3.99. The van der Waals surface area contributed by atoms with Crippen LogP contribution in [0.4, 0.5) is 0 Å². The van der Waals surface area contributed by atoms with Crippen molar-refractivity contribution in [1.29, 1.82) is 0 Å². The van der Waals surface area contributed by atoms with Gasteiger partial charge in [0.25, 0.3) is 0 Å². The molecule has 0 aromatic carbocycles. The Bertz CT molecular complexity index is 258. The van der Waals surface area contributed by atoms with E-state index in [1.165, 1.54) is 6.08 Å². The molecular formula is C11H22N2O3. The first-order chi connectivity index (χ1) is 7.00. The van der Waals surface area contributed by atoms with Crippen molar-refractivity contribution in [2.45, 2.75) is 38.5 Å². The second-order valence-corrected chi connectivity index (χ2v) is 3.99. The van der Waals surface area contributed by atoms with Crippen LogP contribution in [0.5, 0.6) is 0 Å². The zero-order valence-corrected chi connectivity index (χ0v) is 10.3. The Morgan fingerprint density at radius 2 is 2.38 bits per heavy atom. The van der Waals surface area contributed by atoms with Gasteiger partial charge in [-0.2, -0.15) is 0 Å². The molecule has 0 bridgehead atoms. The van der Waals surface area contributed by atoms with E-state index in [4.69, 9.17) is 9.47 Å². The predicted octanol–water partition coefficient (Wildman–Crippen LogP) is 1.03. The highest BCUT2D eigenvalue weighted by Gasteiger charge is 2.42. The monoisotopic (exact) mass is 230 g/mol. The van der Waals surface area contributed by atoms with Gasteiger partial charge >= 0.3 is 5.97 Å². The normalized spacial score (nSPS) is 31.1. The molecule has 0 aliphatic carbocycles. The molecule has 1 aliphatic heterocycles. The summed E-state index contributed by atoms with van der Waals surface area (Å²) in [5.41, 5.74) is -0.475. The summed E-state index contributed by atoms with van der Waals surface area (Å²) in [7, 11) is 0. The lowest BCUT2D eigenvalue weighted by Gasteiger charge is -2.43. The average Bonchev–Trinajstić information content (AvgIpc) is 2.22. The van der Waals surface area contributed by atoms with Gasteiger partial charge in [0.15, 0.2) is 0 Å². The average molecular weight is 230 g/mol. The Morgan fingerprint density at radius 1 is 1.75 bits per heavy atom. The molecule has 0 spiro atoms. The van der Waals surface area contributed by atoms with Crippen molar-refractivity contribution in [2.24, 2.45) is 0 Å². The van der Waals surface area contributed by atoms with Crippen LogP contribution >= 0.6 is 0 Å². The number of nitrogens with one attached hydrogen (secondary N) is 1. The van der Waals surface area contributed by atoms with Gasteiger partial charge in [-0.1, -0.05) is 6.58 Å². The number of esters is 1. The summed E-state index contributed by atoms with van der Waals surface area (Å²) in [4.78, 5) is 11.1. The van der Waals surface area contributed by atoms with Crippen molar-refractivity contribution in [3.63, 3.8) is 0 Å². The standard InChI is InChI=1S/C11H19NO3.H3N/c1-5-10(13)15-9(3)11(4)8(2)12-6-7-14-11;/h5,8-9,12H,1,6-7H2,2-4H3;1H3. The van der Waals surface area contributed by atoms with Crippen LogP contribution in [0.15, 0.2) is 12.7 Å². The third-order valence-electron chi connectivity index (χ3n) is 3.09. The van der Waals surface area contributed by atoms with Crippen molar-refractivity contribution in [2.75, 3.05) is 13.2 Å². The molecule has 5 nitrogen and oxygen atoms in total. The number of rotatable bonds is 3. The molecule has 1 heterocycles. The summed E-state index contributed by atoms with van der Waals surface area (Å²) in [6.45, 7) is 10.7. The molecule has 3 atom stereocenters. The Labute approximate surface area is 96.8 Å². The maximum atomic E-state index is 11.1. The first-order valence-corrected chi connectivity index (χ1v) is 5.21. The van der Waals surface area contributed by atoms with Crippen molar-refractivity contribution in [3.05, 3.63) is 12.7 Å². The summed E-state index contributed by atoms with van der Waals surface area (Å²) in [6.07, 6.45) is 0.867. The zero-order chi connectivity index (χ0) is 11.5. The van der Waals surface area contributed by atoms with Gasteiger partial charge in [0.2, 0.25) is 0 Å². The Morgan fingerprint density at radius 3 is 2.88 bits per heavy atom. The van der Waals surface area contributed by atoms with Gasteiger partial charge in [-0.15, -0.1) is 0 Å². The van der Waals surface area contributed by atoms with Crippen LogP contribution in [0.2, 0.25) is 0 Å². The third-order valence-corrected chi connectivity index (χ3v) is 3.09. The SMILES string of the molecule is C=CC(=O)OC(C)C1(C)OCCNC1C.N. The van der Waals surface area contributed by atoms with Crippen LogP contribution in [-0.4, -0.2) is 36.9 Å². The molecule has 0 saturated carbocycles. The zero-order valence-electron chi connectivity index (χ0n) is 10.3. The third kappa shape index (κ3) is 3.04. The summed E-state index contributed by atoms with van der Waals surface area (Å²) in [5, 5.41) is 3.30. The van der Waals surface area contributed by atoms with Gasteiger partial charge in [0.1, 0.15) is 11.7 Å². The van der Waals surface area contributed by atoms with Gasteiger partial charge in [-0.25, -0.2) is 4.79 Å². The topological polar surface area (TPSA) is 82.6 Å². The minimum Gasteiger partial charge on any atom is -0.456 e. The lowest BCUT2D eigenvalue weighted by Crippen LogP contribution is -2.60. The van der Waals surface area contributed by atoms with E-state index in [0.29, 0.717) is 6.61 Å². The van der Waals surface area contributed by atoms with Crippen LogP contribution in [0.25, 0.3) is 0 Å². The van der Waals surface area contributed by atoms with Crippen molar-refractivity contribution >= 4 is 5.97 Å². The second kappa shape index (κ2) is 5.98. The molecule has 94 valence electrons. The van der Waals surface area contributed by atoms with Gasteiger partial charge in [-0.05, 0) is 20.8 Å². The maximum absolute atomic E-state index is 11.1. The Balaban J connectivity index is 0.00000225. The lowest BCUT2D eigenvalue weighted by atomic mass is 9.90. The van der Waals surface area contributed by atoms with E-state index in [2.05, 4.69) is 11.9 Å². The number of morpholine rings is 1. The minimum atomic E-state index is -0.475. The van der Waals surface area contributed by atoms with Crippen molar-refractivity contribution in [3.8, 4) is 0 Å². The largest absolute Gasteiger partial charge is 0.456 e. The van der Waals surface area contributed by atoms with Gasteiger partial charge in [0, 0.05) is 18.7 Å². The van der Waals surface area contributed by atoms with Crippen LogP contribution in [0.3, 0.4) is 0 Å². The van der Waals surface area contributed by atoms with E-state index in [1.807, 2.05) is 20.8 Å². The smallest absolute Gasteiger partial charge is 0.330 e. The Kier molecular flexibility index (Phi) is 5.64. The summed E-state index contributed by atoms with van der Waals surface area (Å²) < 4.78 is 10.9. The fourth-order valence-electron chi connectivity index (χ4n) is 1.68. The van der Waals surface area contributed by atoms with Crippen LogP contribution in [0, 0.1) is 0 Å². The molecule has 5 heteroatoms. The molecule has 1 aliphatic rings. The molecule has 0 radical (unpaired) electrons. The minimum absolute atomic E-state index is 0. The van der Waals surface area contributed by atoms with E-state index in [0.717, 1.165) is 6.54 Å². The molecule has 1 fully saturated rings. The molecule has 3 unspecified atom stereocenters. The molecule has 16 heavy (non-hydrogen) atoms. The van der Waals surface area contributed by atoms with E-state index < -0.39 is 11.6 Å². The molecule has 1 saturated heterocycles. The molecule has 0 aromatic rings. The highest BCUT2D eigenvalue weighted by Crippen LogP contribution is 2.25. The van der Waals surface area contributed by atoms with Gasteiger partial charge in [-0.3, -0.25) is 0 Å². The van der Waals surface area contributed by atoms with Crippen LogP contribution in [0.1, 0.15) is 20.8 Å². The molecule has 4 N–H and O–H groups in total.